The molecule has 0 amide bonds. The minimum atomic E-state index is -1.48. The average Bonchev–Trinajstić information content (AvgIpc) is 2.35. The van der Waals surface area contributed by atoms with Crippen LogP contribution >= 0.6 is 0 Å². The summed E-state index contributed by atoms with van der Waals surface area (Å²) >= 11 is 0. The van der Waals surface area contributed by atoms with Crippen LogP contribution in [0.1, 0.15) is 39.7 Å². The molecule has 120 valence electrons. The van der Waals surface area contributed by atoms with Crippen molar-refractivity contribution in [1.29, 1.82) is 5.26 Å². The molecule has 0 bridgehead atoms. The third-order valence-corrected chi connectivity index (χ3v) is 2.97. The Balaban J connectivity index is 3.25. The molecule has 1 aromatic rings. The highest BCUT2D eigenvalue weighted by molar-refractivity contribution is 5.73. The number of ether oxygens (including phenoxy) is 2. The standard InChI is InChI=1S/C16H19F2NO3/c1-15(2,3)22-13(20)8-16(4,9-19)11-6-10(17)7-12(18)14(11)21-5/h6-7H,8H2,1-5H3. The van der Waals surface area contributed by atoms with Gasteiger partial charge in [-0.05, 0) is 33.8 Å². The average molecular weight is 311 g/mol. The molecular formula is C16H19F2NO3. The van der Waals surface area contributed by atoms with E-state index < -0.39 is 28.6 Å². The Hall–Kier alpha value is -2.16. The van der Waals surface area contributed by atoms with E-state index in [1.807, 2.05) is 6.07 Å². The van der Waals surface area contributed by atoms with E-state index in [0.29, 0.717) is 6.07 Å². The van der Waals surface area contributed by atoms with Crippen molar-refractivity contribution in [1.82, 2.24) is 0 Å². The van der Waals surface area contributed by atoms with Crippen LogP contribution in [-0.2, 0) is 14.9 Å². The summed E-state index contributed by atoms with van der Waals surface area (Å²) in [6.07, 6.45) is -0.347. The Morgan fingerprint density at radius 3 is 2.32 bits per heavy atom. The normalized spacial score (nSPS) is 13.9. The summed E-state index contributed by atoms with van der Waals surface area (Å²) in [5, 5.41) is 9.43. The molecule has 0 saturated carbocycles. The van der Waals surface area contributed by atoms with E-state index in [9.17, 15) is 18.8 Å². The van der Waals surface area contributed by atoms with E-state index in [2.05, 4.69) is 0 Å². The number of carbonyl (C=O) groups is 1. The molecule has 0 aliphatic heterocycles. The van der Waals surface area contributed by atoms with Gasteiger partial charge in [0.05, 0.1) is 25.0 Å². The van der Waals surface area contributed by atoms with Crippen molar-refractivity contribution in [3.05, 3.63) is 29.3 Å². The third kappa shape index (κ3) is 4.17. The molecule has 0 aliphatic carbocycles. The second-order valence-corrected chi connectivity index (χ2v) is 6.18. The van der Waals surface area contributed by atoms with E-state index in [-0.39, 0.29) is 17.7 Å². The van der Waals surface area contributed by atoms with Crippen molar-refractivity contribution in [3.8, 4) is 11.8 Å². The predicted octanol–water partition coefficient (Wildman–Crippen LogP) is 3.49. The number of hydrogen-bond donors (Lipinski definition) is 0. The number of rotatable bonds is 4. The number of nitriles is 1. The van der Waals surface area contributed by atoms with Gasteiger partial charge in [-0.1, -0.05) is 0 Å². The van der Waals surface area contributed by atoms with Crippen molar-refractivity contribution >= 4 is 5.97 Å². The van der Waals surface area contributed by atoms with Gasteiger partial charge in [-0.2, -0.15) is 5.26 Å². The van der Waals surface area contributed by atoms with E-state index in [4.69, 9.17) is 9.47 Å². The highest BCUT2D eigenvalue weighted by Gasteiger charge is 2.36. The molecular weight excluding hydrogens is 292 g/mol. The van der Waals surface area contributed by atoms with Crippen molar-refractivity contribution in [2.75, 3.05) is 7.11 Å². The van der Waals surface area contributed by atoms with Crippen LogP contribution in [0, 0.1) is 23.0 Å². The van der Waals surface area contributed by atoms with E-state index in [1.54, 1.807) is 20.8 Å². The fraction of sp³-hybridized carbons (Fsp3) is 0.500. The maximum atomic E-state index is 13.8. The Labute approximate surface area is 128 Å². The number of esters is 1. The minimum absolute atomic E-state index is 0.0270. The van der Waals surface area contributed by atoms with Crippen molar-refractivity contribution in [3.63, 3.8) is 0 Å². The van der Waals surface area contributed by atoms with Crippen LogP contribution in [-0.4, -0.2) is 18.7 Å². The fourth-order valence-corrected chi connectivity index (χ4v) is 2.04. The quantitative estimate of drug-likeness (QED) is 0.799. The van der Waals surface area contributed by atoms with Gasteiger partial charge in [-0.15, -0.1) is 0 Å². The van der Waals surface area contributed by atoms with Crippen LogP contribution in [0.15, 0.2) is 12.1 Å². The molecule has 0 saturated heterocycles. The Bertz CT molecular complexity index is 617. The molecule has 6 heteroatoms. The Morgan fingerprint density at radius 1 is 1.27 bits per heavy atom. The minimum Gasteiger partial charge on any atom is -0.493 e. The smallest absolute Gasteiger partial charge is 0.308 e. The first-order valence-electron chi connectivity index (χ1n) is 6.69. The number of methoxy groups -OCH3 is 1. The fourth-order valence-electron chi connectivity index (χ4n) is 2.04. The van der Waals surface area contributed by atoms with Crippen LogP contribution in [0.3, 0.4) is 0 Å². The summed E-state index contributed by atoms with van der Waals surface area (Å²) in [6.45, 7) is 6.48. The molecule has 0 aromatic heterocycles. The summed E-state index contributed by atoms with van der Waals surface area (Å²) in [5.41, 5.74) is -2.22. The molecule has 1 atom stereocenters. The zero-order chi connectivity index (χ0) is 17.1. The summed E-state index contributed by atoms with van der Waals surface area (Å²) in [4.78, 5) is 12.0. The molecule has 22 heavy (non-hydrogen) atoms. The third-order valence-electron chi connectivity index (χ3n) is 2.97. The number of halogens is 2. The lowest BCUT2D eigenvalue weighted by Crippen LogP contribution is -2.31. The second-order valence-electron chi connectivity index (χ2n) is 6.18. The zero-order valence-corrected chi connectivity index (χ0v) is 13.3. The predicted molar refractivity (Wildman–Crippen MR) is 76.3 cm³/mol. The second kappa shape index (κ2) is 6.30. The summed E-state index contributed by atoms with van der Waals surface area (Å²) in [5.74, 6) is -2.67. The van der Waals surface area contributed by atoms with Gasteiger partial charge in [0.2, 0.25) is 0 Å². The van der Waals surface area contributed by atoms with Gasteiger partial charge in [-0.25, -0.2) is 8.78 Å². The van der Waals surface area contributed by atoms with Crippen molar-refractivity contribution < 1.29 is 23.0 Å². The van der Waals surface area contributed by atoms with Crippen LogP contribution in [0.4, 0.5) is 8.78 Å². The van der Waals surface area contributed by atoms with Gasteiger partial charge < -0.3 is 9.47 Å². The molecule has 0 radical (unpaired) electrons. The first kappa shape index (κ1) is 17.9. The summed E-state index contributed by atoms with van der Waals surface area (Å²) < 4.78 is 37.4. The molecule has 4 nitrogen and oxygen atoms in total. The van der Waals surface area contributed by atoms with E-state index in [1.165, 1.54) is 14.0 Å². The summed E-state index contributed by atoms with van der Waals surface area (Å²) in [7, 11) is 1.21. The molecule has 0 aliphatic rings. The lowest BCUT2D eigenvalue weighted by atomic mass is 9.80. The molecule has 0 N–H and O–H groups in total. The molecule has 0 heterocycles. The van der Waals surface area contributed by atoms with Crippen LogP contribution in [0.25, 0.3) is 0 Å². The number of nitrogens with zero attached hydrogens (tertiary/aromatic N) is 1. The lowest BCUT2D eigenvalue weighted by molar-refractivity contribution is -0.155. The molecule has 0 fully saturated rings. The van der Waals surface area contributed by atoms with Crippen molar-refractivity contribution in [2.45, 2.75) is 45.1 Å². The van der Waals surface area contributed by atoms with Gasteiger partial charge in [0.1, 0.15) is 11.4 Å². The highest BCUT2D eigenvalue weighted by atomic mass is 19.1. The first-order valence-corrected chi connectivity index (χ1v) is 6.69. The monoisotopic (exact) mass is 311 g/mol. The van der Waals surface area contributed by atoms with Gasteiger partial charge in [0.15, 0.2) is 11.6 Å². The van der Waals surface area contributed by atoms with Gasteiger partial charge >= 0.3 is 5.97 Å². The molecule has 1 aromatic carbocycles. The molecule has 0 spiro atoms. The van der Waals surface area contributed by atoms with Crippen molar-refractivity contribution in [2.24, 2.45) is 0 Å². The number of hydrogen-bond acceptors (Lipinski definition) is 4. The topological polar surface area (TPSA) is 59.3 Å². The van der Waals surface area contributed by atoms with Gasteiger partial charge in [-0.3, -0.25) is 4.79 Å². The maximum Gasteiger partial charge on any atom is 0.308 e. The SMILES string of the molecule is COc1c(F)cc(F)cc1C(C)(C#N)CC(=O)OC(C)(C)C. The molecule has 1 unspecified atom stereocenters. The number of carbonyl (C=O) groups excluding carboxylic acids is 1. The van der Waals surface area contributed by atoms with Gasteiger partial charge in [0.25, 0.3) is 0 Å². The Morgan fingerprint density at radius 2 is 1.86 bits per heavy atom. The Kier molecular flexibility index (Phi) is 5.13. The van der Waals surface area contributed by atoms with E-state index in [0.717, 1.165) is 6.07 Å². The lowest BCUT2D eigenvalue weighted by Gasteiger charge is -2.26. The number of benzene rings is 1. The van der Waals surface area contributed by atoms with Gasteiger partial charge in [0, 0.05) is 11.6 Å². The van der Waals surface area contributed by atoms with E-state index >= 15 is 0 Å². The maximum absolute atomic E-state index is 13.8. The highest BCUT2D eigenvalue weighted by Crippen LogP contribution is 2.37. The first-order chi connectivity index (χ1) is 10.0. The summed E-state index contributed by atoms with van der Waals surface area (Å²) in [6, 6.07) is 3.58. The molecule has 1 rings (SSSR count). The largest absolute Gasteiger partial charge is 0.493 e. The van der Waals surface area contributed by atoms with Crippen LogP contribution in [0.5, 0.6) is 5.75 Å². The van der Waals surface area contributed by atoms with Crippen LogP contribution in [0.2, 0.25) is 0 Å². The zero-order valence-electron chi connectivity index (χ0n) is 13.3. The van der Waals surface area contributed by atoms with Crippen LogP contribution < -0.4 is 4.74 Å².